The fourth-order valence-corrected chi connectivity index (χ4v) is 2.73. The molecule has 2 fully saturated rings. The first kappa shape index (κ1) is 9.52. The van der Waals surface area contributed by atoms with Gasteiger partial charge in [0.05, 0.1) is 0 Å². The lowest BCUT2D eigenvalue weighted by atomic mass is 10.0. The summed E-state index contributed by atoms with van der Waals surface area (Å²) >= 11 is 5.24. The maximum Gasteiger partial charge on any atom is 0.130 e. The summed E-state index contributed by atoms with van der Waals surface area (Å²) in [4.78, 5) is 7.94. The van der Waals surface area contributed by atoms with E-state index in [1.165, 1.54) is 44.2 Å². The Bertz CT molecular complexity index is 414. The molecular formula is C12H16N2S. The summed E-state index contributed by atoms with van der Waals surface area (Å²) in [5.74, 6) is 2.53. The van der Waals surface area contributed by atoms with Gasteiger partial charge >= 0.3 is 0 Å². The van der Waals surface area contributed by atoms with Gasteiger partial charge in [0, 0.05) is 11.6 Å². The topological polar surface area (TPSA) is 28.7 Å². The summed E-state index contributed by atoms with van der Waals surface area (Å²) in [6.07, 6.45) is 7.94. The van der Waals surface area contributed by atoms with Crippen LogP contribution >= 0.6 is 12.2 Å². The molecule has 0 bridgehead atoms. The molecule has 2 nitrogen and oxygen atoms in total. The first-order chi connectivity index (χ1) is 7.33. The third-order valence-corrected chi connectivity index (χ3v) is 3.75. The zero-order chi connectivity index (χ0) is 10.3. The molecule has 1 N–H and O–H groups in total. The summed E-state index contributed by atoms with van der Waals surface area (Å²) in [6, 6.07) is 2.07. The molecule has 0 atom stereocenters. The third-order valence-electron chi connectivity index (χ3n) is 3.54. The average molecular weight is 220 g/mol. The first-order valence-electron chi connectivity index (χ1n) is 5.94. The Balaban J connectivity index is 1.95. The van der Waals surface area contributed by atoms with Gasteiger partial charge in [0.15, 0.2) is 0 Å². The first-order valence-corrected chi connectivity index (χ1v) is 6.35. The van der Waals surface area contributed by atoms with Gasteiger partial charge in [-0.15, -0.1) is 0 Å². The minimum atomic E-state index is 0.674. The number of hydrogen-bond donors (Lipinski definition) is 1. The van der Waals surface area contributed by atoms with Crippen LogP contribution < -0.4 is 0 Å². The number of rotatable bonds is 2. The third kappa shape index (κ3) is 1.98. The zero-order valence-corrected chi connectivity index (χ0v) is 9.65. The monoisotopic (exact) mass is 220 g/mol. The predicted octanol–water partition coefficient (Wildman–Crippen LogP) is 3.67. The highest BCUT2D eigenvalue weighted by molar-refractivity contribution is 7.71. The molecule has 3 heteroatoms. The van der Waals surface area contributed by atoms with Gasteiger partial charge in [0.1, 0.15) is 10.5 Å². The molecule has 0 saturated heterocycles. The lowest BCUT2D eigenvalue weighted by Crippen LogP contribution is -2.02. The lowest BCUT2D eigenvalue weighted by Gasteiger charge is -2.10. The van der Waals surface area contributed by atoms with Crippen molar-refractivity contribution in [3.05, 3.63) is 22.2 Å². The largest absolute Gasteiger partial charge is 0.347 e. The van der Waals surface area contributed by atoms with E-state index in [4.69, 9.17) is 12.2 Å². The Morgan fingerprint density at radius 1 is 1.13 bits per heavy atom. The van der Waals surface area contributed by atoms with Crippen molar-refractivity contribution in [3.63, 3.8) is 0 Å². The van der Waals surface area contributed by atoms with Crippen LogP contribution in [0, 0.1) is 4.64 Å². The summed E-state index contributed by atoms with van der Waals surface area (Å²) in [6.45, 7) is 0. The minimum Gasteiger partial charge on any atom is -0.347 e. The molecule has 80 valence electrons. The molecule has 1 aromatic rings. The van der Waals surface area contributed by atoms with E-state index in [0.717, 1.165) is 10.5 Å². The van der Waals surface area contributed by atoms with Crippen LogP contribution in [0.1, 0.15) is 61.9 Å². The molecule has 3 rings (SSSR count). The van der Waals surface area contributed by atoms with Crippen molar-refractivity contribution in [1.29, 1.82) is 0 Å². The lowest BCUT2D eigenvalue weighted by molar-refractivity contribution is 0.682. The number of nitrogens with zero attached hydrogens (tertiary/aromatic N) is 1. The molecule has 0 unspecified atom stereocenters. The summed E-state index contributed by atoms with van der Waals surface area (Å²) in [7, 11) is 0. The van der Waals surface area contributed by atoms with Crippen molar-refractivity contribution in [2.45, 2.75) is 50.4 Å². The van der Waals surface area contributed by atoms with E-state index in [9.17, 15) is 0 Å². The molecule has 1 heterocycles. The van der Waals surface area contributed by atoms with E-state index >= 15 is 0 Å². The molecule has 0 amide bonds. The maximum atomic E-state index is 5.24. The van der Waals surface area contributed by atoms with Crippen LogP contribution in [-0.2, 0) is 0 Å². The van der Waals surface area contributed by atoms with Crippen molar-refractivity contribution < 1.29 is 0 Å². The second kappa shape index (κ2) is 3.71. The number of aromatic amines is 1. The smallest absolute Gasteiger partial charge is 0.130 e. The van der Waals surface area contributed by atoms with E-state index < -0.39 is 0 Å². The normalized spacial score (nSPS) is 22.1. The van der Waals surface area contributed by atoms with Gasteiger partial charge < -0.3 is 4.98 Å². The Kier molecular flexibility index (Phi) is 2.35. The van der Waals surface area contributed by atoms with Gasteiger partial charge in [-0.25, -0.2) is 4.98 Å². The molecule has 0 radical (unpaired) electrons. The standard InChI is InChI=1S/C12H16N2S/c15-11-7-10(8-3-1-2-4-8)13-12(14-11)9-5-6-9/h7-9H,1-6H2,(H,13,14,15). The van der Waals surface area contributed by atoms with Crippen molar-refractivity contribution in [2.24, 2.45) is 0 Å². The highest BCUT2D eigenvalue weighted by atomic mass is 32.1. The quantitative estimate of drug-likeness (QED) is 0.770. The number of hydrogen-bond acceptors (Lipinski definition) is 2. The van der Waals surface area contributed by atoms with Crippen LogP contribution in [-0.4, -0.2) is 9.97 Å². The van der Waals surface area contributed by atoms with Crippen LogP contribution in [0.3, 0.4) is 0 Å². The summed E-state index contributed by atoms with van der Waals surface area (Å²) in [5, 5.41) is 0. The van der Waals surface area contributed by atoms with Gasteiger partial charge in [-0.1, -0.05) is 25.1 Å². The Labute approximate surface area is 95.1 Å². The number of aromatic nitrogens is 2. The van der Waals surface area contributed by atoms with Crippen molar-refractivity contribution in [1.82, 2.24) is 9.97 Å². The zero-order valence-electron chi connectivity index (χ0n) is 8.83. The number of H-pyrrole nitrogens is 1. The van der Waals surface area contributed by atoms with Crippen LogP contribution in [0.15, 0.2) is 6.07 Å². The van der Waals surface area contributed by atoms with Crippen molar-refractivity contribution >= 4 is 12.2 Å². The second-order valence-electron chi connectivity index (χ2n) is 4.82. The fraction of sp³-hybridized carbons (Fsp3) is 0.667. The van der Waals surface area contributed by atoms with E-state index in [-0.39, 0.29) is 0 Å². The van der Waals surface area contributed by atoms with E-state index in [0.29, 0.717) is 11.8 Å². The second-order valence-corrected chi connectivity index (χ2v) is 5.23. The van der Waals surface area contributed by atoms with Crippen LogP contribution in [0.4, 0.5) is 0 Å². The van der Waals surface area contributed by atoms with Crippen LogP contribution in [0.2, 0.25) is 0 Å². The summed E-state index contributed by atoms with van der Waals surface area (Å²) in [5.41, 5.74) is 1.34. The van der Waals surface area contributed by atoms with Crippen molar-refractivity contribution in [2.75, 3.05) is 0 Å². The van der Waals surface area contributed by atoms with Crippen LogP contribution in [0.5, 0.6) is 0 Å². The molecule has 15 heavy (non-hydrogen) atoms. The minimum absolute atomic E-state index is 0.674. The van der Waals surface area contributed by atoms with Gasteiger partial charge in [-0.2, -0.15) is 0 Å². The Morgan fingerprint density at radius 2 is 1.87 bits per heavy atom. The summed E-state index contributed by atoms with van der Waals surface area (Å²) < 4.78 is 0.776. The van der Waals surface area contributed by atoms with E-state index in [1.54, 1.807) is 0 Å². The SMILES string of the molecule is S=c1cc(C2CCCC2)[nH]c(C2CC2)n1. The molecule has 2 saturated carbocycles. The Morgan fingerprint density at radius 3 is 2.53 bits per heavy atom. The highest BCUT2D eigenvalue weighted by Crippen LogP contribution is 2.39. The van der Waals surface area contributed by atoms with Gasteiger partial charge in [0.2, 0.25) is 0 Å². The number of nitrogens with one attached hydrogen (secondary N) is 1. The molecule has 0 aliphatic heterocycles. The van der Waals surface area contributed by atoms with Gasteiger partial charge in [0.25, 0.3) is 0 Å². The van der Waals surface area contributed by atoms with Crippen molar-refractivity contribution in [3.8, 4) is 0 Å². The Hall–Kier alpha value is -0.700. The fourth-order valence-electron chi connectivity index (χ4n) is 2.50. The predicted molar refractivity (Wildman–Crippen MR) is 62.6 cm³/mol. The van der Waals surface area contributed by atoms with E-state index in [2.05, 4.69) is 16.0 Å². The molecular weight excluding hydrogens is 204 g/mol. The molecule has 0 spiro atoms. The average Bonchev–Trinajstić information content (AvgIpc) is 2.93. The molecule has 2 aliphatic rings. The molecule has 1 aromatic heterocycles. The van der Waals surface area contributed by atoms with Gasteiger partial charge in [-0.05, 0) is 37.7 Å². The maximum absolute atomic E-state index is 5.24. The molecule has 2 aliphatic carbocycles. The highest BCUT2D eigenvalue weighted by Gasteiger charge is 2.27. The molecule has 0 aromatic carbocycles. The van der Waals surface area contributed by atoms with Gasteiger partial charge in [-0.3, -0.25) is 0 Å². The van der Waals surface area contributed by atoms with Crippen LogP contribution in [0.25, 0.3) is 0 Å². The van der Waals surface area contributed by atoms with E-state index in [1.807, 2.05) is 0 Å².